The molecule has 76 heavy (non-hydrogen) atoms. The fraction of sp³-hybridized carbons (Fsp3) is 0.0411. The van der Waals surface area contributed by atoms with E-state index in [1.165, 1.54) is 88.5 Å². The molecule has 1 aliphatic rings. The average molecular weight is 971 g/mol. The van der Waals surface area contributed by atoms with Gasteiger partial charge < -0.3 is 13.9 Å². The van der Waals surface area contributed by atoms with Crippen molar-refractivity contribution in [2.45, 2.75) is 19.3 Å². The van der Waals surface area contributed by atoms with Gasteiger partial charge in [-0.3, -0.25) is 0 Å². The summed E-state index contributed by atoms with van der Waals surface area (Å²) in [7, 11) is 0. The molecule has 3 nitrogen and oxygen atoms in total. The summed E-state index contributed by atoms with van der Waals surface area (Å²) < 4.78 is 9.25. The zero-order valence-electron chi connectivity index (χ0n) is 42.2. The standard InChI is InChI=1S/C73H50N2O/c1-73(2)65-21-11-8-18-60(65)61-42-41-58(46-66(61)73)75-67-22-12-9-19-62(67)64-44-54(36-43-68(64)75)53-30-28-49(29-31-53)48-24-26-50(27-25-48)52-34-39-57(40-35-52)74(56-37-32-51(33-38-56)47-14-4-3-5-15-47)69-45-55-16-6-7-17-59(55)71-63-20-10-13-23-70(63)76-72(69)71/h3-46H,1-2H3. The van der Waals surface area contributed by atoms with Crippen LogP contribution in [0.4, 0.5) is 17.1 Å². The highest BCUT2D eigenvalue weighted by atomic mass is 16.3. The third kappa shape index (κ3) is 6.97. The maximum atomic E-state index is 6.80. The Kier molecular flexibility index (Phi) is 9.92. The molecular weight excluding hydrogens is 921 g/mol. The first-order chi connectivity index (χ1) is 37.4. The fourth-order valence-corrected chi connectivity index (χ4v) is 12.4. The second-order valence-electron chi connectivity index (χ2n) is 20.9. The van der Waals surface area contributed by atoms with Gasteiger partial charge >= 0.3 is 0 Å². The molecule has 0 bridgehead atoms. The van der Waals surface area contributed by atoms with Crippen molar-refractivity contribution in [3.05, 3.63) is 278 Å². The number of nitrogens with zero attached hydrogens (tertiary/aromatic N) is 2. The summed E-state index contributed by atoms with van der Waals surface area (Å²) in [5.74, 6) is 0. The van der Waals surface area contributed by atoms with Gasteiger partial charge in [0, 0.05) is 44.0 Å². The van der Waals surface area contributed by atoms with E-state index in [2.05, 4.69) is 284 Å². The molecule has 3 heteroatoms. The van der Waals surface area contributed by atoms with Gasteiger partial charge in [-0.05, 0) is 144 Å². The van der Waals surface area contributed by atoms with Crippen LogP contribution in [0.3, 0.4) is 0 Å². The van der Waals surface area contributed by atoms with Crippen LogP contribution in [0.5, 0.6) is 0 Å². The Morgan fingerprint density at radius 3 is 1.54 bits per heavy atom. The Hall–Kier alpha value is -9.70. The molecule has 2 aromatic heterocycles. The second-order valence-corrected chi connectivity index (χ2v) is 20.9. The van der Waals surface area contributed by atoms with E-state index >= 15 is 0 Å². The average Bonchev–Trinajstić information content (AvgIpc) is 4.23. The fourth-order valence-electron chi connectivity index (χ4n) is 12.4. The molecule has 0 amide bonds. The maximum Gasteiger partial charge on any atom is 0.160 e. The number of benzene rings is 12. The Morgan fingerprint density at radius 1 is 0.355 bits per heavy atom. The lowest BCUT2D eigenvalue weighted by Crippen LogP contribution is -2.15. The lowest BCUT2D eigenvalue weighted by molar-refractivity contribution is 0.660. The molecule has 12 aromatic carbocycles. The molecule has 0 saturated carbocycles. The van der Waals surface area contributed by atoms with Crippen molar-refractivity contribution in [2.75, 3.05) is 4.90 Å². The number of fused-ring (bicyclic) bond motifs is 11. The van der Waals surface area contributed by atoms with Gasteiger partial charge in [0.05, 0.1) is 16.7 Å². The summed E-state index contributed by atoms with van der Waals surface area (Å²) in [4.78, 5) is 2.34. The number of furan rings is 1. The van der Waals surface area contributed by atoms with Gasteiger partial charge in [0.25, 0.3) is 0 Å². The molecular formula is C73H50N2O. The summed E-state index contributed by atoms with van der Waals surface area (Å²) in [6, 6.07) is 97.4. The minimum absolute atomic E-state index is 0.0677. The summed E-state index contributed by atoms with van der Waals surface area (Å²) in [5, 5.41) is 7.11. The molecule has 0 fully saturated rings. The van der Waals surface area contributed by atoms with Crippen LogP contribution >= 0.6 is 0 Å². The molecule has 0 saturated heterocycles. The Labute approximate surface area is 441 Å². The van der Waals surface area contributed by atoms with Crippen molar-refractivity contribution < 1.29 is 4.42 Å². The van der Waals surface area contributed by atoms with E-state index in [9.17, 15) is 0 Å². The highest BCUT2D eigenvalue weighted by Gasteiger charge is 2.35. The molecule has 0 radical (unpaired) electrons. The third-order valence-electron chi connectivity index (χ3n) is 16.2. The number of hydrogen-bond donors (Lipinski definition) is 0. The zero-order chi connectivity index (χ0) is 50.5. The SMILES string of the molecule is CC1(C)c2ccccc2-c2ccc(-n3c4ccccc4c4cc(-c5ccc(-c6ccc(-c7ccc(N(c8ccc(-c9ccccc9)cc8)c8cc9ccccc9c9c8oc8ccccc89)cc7)cc6)cc5)ccc43)cc21. The van der Waals surface area contributed by atoms with E-state index in [4.69, 9.17) is 4.42 Å². The molecule has 14 aromatic rings. The number of aromatic nitrogens is 1. The largest absolute Gasteiger partial charge is 0.454 e. The lowest BCUT2D eigenvalue weighted by Gasteiger charge is -2.26. The molecule has 358 valence electrons. The van der Waals surface area contributed by atoms with Crippen LogP contribution in [0.1, 0.15) is 25.0 Å². The van der Waals surface area contributed by atoms with Gasteiger partial charge in [-0.25, -0.2) is 0 Å². The Morgan fingerprint density at radius 2 is 0.855 bits per heavy atom. The first kappa shape index (κ1) is 43.8. The maximum absolute atomic E-state index is 6.80. The first-order valence-corrected chi connectivity index (χ1v) is 26.3. The van der Waals surface area contributed by atoms with Crippen molar-refractivity contribution in [1.82, 2.24) is 4.57 Å². The van der Waals surface area contributed by atoms with E-state index in [1.807, 2.05) is 6.07 Å². The van der Waals surface area contributed by atoms with Crippen LogP contribution in [0.2, 0.25) is 0 Å². The summed E-state index contributed by atoms with van der Waals surface area (Å²) in [5.41, 5.74) is 23.3. The quantitative estimate of drug-likeness (QED) is 0.151. The van der Waals surface area contributed by atoms with Crippen LogP contribution < -0.4 is 4.90 Å². The highest BCUT2D eigenvalue weighted by Crippen LogP contribution is 2.50. The Balaban J connectivity index is 0.731. The number of rotatable bonds is 8. The van der Waals surface area contributed by atoms with E-state index in [0.29, 0.717) is 0 Å². The number of hydrogen-bond acceptors (Lipinski definition) is 2. The van der Waals surface area contributed by atoms with Crippen LogP contribution in [0, 0.1) is 0 Å². The van der Waals surface area contributed by atoms with Crippen molar-refractivity contribution in [2.24, 2.45) is 0 Å². The van der Waals surface area contributed by atoms with Crippen LogP contribution in [0.15, 0.2) is 271 Å². The predicted octanol–water partition coefficient (Wildman–Crippen LogP) is 20.3. The third-order valence-corrected chi connectivity index (χ3v) is 16.2. The molecule has 0 atom stereocenters. The van der Waals surface area contributed by atoms with E-state index in [0.717, 1.165) is 55.5 Å². The van der Waals surface area contributed by atoms with E-state index in [1.54, 1.807) is 0 Å². The normalized spacial score (nSPS) is 12.7. The van der Waals surface area contributed by atoms with Gasteiger partial charge in [0.2, 0.25) is 0 Å². The lowest BCUT2D eigenvalue weighted by atomic mass is 9.82. The van der Waals surface area contributed by atoms with E-state index in [-0.39, 0.29) is 5.41 Å². The molecule has 0 aliphatic heterocycles. The summed E-state index contributed by atoms with van der Waals surface area (Å²) in [6.07, 6.45) is 0. The second kappa shape index (κ2) is 17.2. The van der Waals surface area contributed by atoms with Gasteiger partial charge in [-0.2, -0.15) is 0 Å². The van der Waals surface area contributed by atoms with Gasteiger partial charge in [-0.15, -0.1) is 0 Å². The molecule has 2 heterocycles. The van der Waals surface area contributed by atoms with Crippen molar-refractivity contribution in [1.29, 1.82) is 0 Å². The highest BCUT2D eigenvalue weighted by molar-refractivity contribution is 6.23. The molecule has 15 rings (SSSR count). The number of para-hydroxylation sites is 2. The summed E-state index contributed by atoms with van der Waals surface area (Å²) in [6.45, 7) is 4.71. The van der Waals surface area contributed by atoms with Crippen LogP contribution in [-0.2, 0) is 5.41 Å². The van der Waals surface area contributed by atoms with Gasteiger partial charge in [0.15, 0.2) is 5.58 Å². The molecule has 0 unspecified atom stereocenters. The van der Waals surface area contributed by atoms with Gasteiger partial charge in [-0.1, -0.05) is 214 Å². The number of anilines is 3. The van der Waals surface area contributed by atoms with Crippen molar-refractivity contribution >= 4 is 71.6 Å². The molecule has 0 spiro atoms. The van der Waals surface area contributed by atoms with E-state index < -0.39 is 0 Å². The van der Waals surface area contributed by atoms with Gasteiger partial charge in [0.1, 0.15) is 5.58 Å². The molecule has 1 aliphatic carbocycles. The van der Waals surface area contributed by atoms with Crippen LogP contribution in [0.25, 0.3) is 116 Å². The monoisotopic (exact) mass is 970 g/mol. The van der Waals surface area contributed by atoms with Crippen molar-refractivity contribution in [3.8, 4) is 61.3 Å². The predicted molar refractivity (Wildman–Crippen MR) is 320 cm³/mol. The topological polar surface area (TPSA) is 21.3 Å². The minimum atomic E-state index is -0.0677. The summed E-state index contributed by atoms with van der Waals surface area (Å²) >= 11 is 0. The molecule has 0 N–H and O–H groups in total. The van der Waals surface area contributed by atoms with Crippen molar-refractivity contribution in [3.63, 3.8) is 0 Å². The Bertz CT molecular complexity index is 4560. The minimum Gasteiger partial charge on any atom is -0.454 e. The van der Waals surface area contributed by atoms with Crippen LogP contribution in [-0.4, -0.2) is 4.57 Å². The smallest absolute Gasteiger partial charge is 0.160 e. The zero-order valence-corrected chi connectivity index (χ0v) is 42.2. The first-order valence-electron chi connectivity index (χ1n) is 26.3.